The van der Waals surface area contributed by atoms with E-state index in [1.165, 1.54) is 31.0 Å². The molecular formula is C20H29N3O2S. The van der Waals surface area contributed by atoms with E-state index >= 15 is 0 Å². The SMILES string of the molecule is CN(C(=O)CSCC(=O)N1CCCc2c(N)cccc21)C1CCCCC1. The molecule has 2 amide bonds. The van der Waals surface area contributed by atoms with Crippen LogP contribution < -0.4 is 10.6 Å². The van der Waals surface area contributed by atoms with E-state index in [2.05, 4.69) is 0 Å². The van der Waals surface area contributed by atoms with Gasteiger partial charge in [0.1, 0.15) is 0 Å². The number of hydrogen-bond acceptors (Lipinski definition) is 4. The van der Waals surface area contributed by atoms with Gasteiger partial charge in [0.05, 0.1) is 11.5 Å². The molecule has 1 saturated carbocycles. The molecule has 0 bridgehead atoms. The summed E-state index contributed by atoms with van der Waals surface area (Å²) in [4.78, 5) is 28.8. The third-order valence-electron chi connectivity index (χ3n) is 5.55. The Hall–Kier alpha value is -1.69. The van der Waals surface area contributed by atoms with Gasteiger partial charge in [0.2, 0.25) is 11.8 Å². The zero-order chi connectivity index (χ0) is 18.5. The quantitative estimate of drug-likeness (QED) is 0.803. The number of amides is 2. The lowest BCUT2D eigenvalue weighted by molar-refractivity contribution is -0.129. The molecule has 1 aromatic carbocycles. The Morgan fingerprint density at radius 3 is 2.73 bits per heavy atom. The van der Waals surface area contributed by atoms with E-state index in [0.717, 1.165) is 49.2 Å². The highest BCUT2D eigenvalue weighted by molar-refractivity contribution is 8.00. The third kappa shape index (κ3) is 4.34. The van der Waals surface area contributed by atoms with Gasteiger partial charge in [-0.05, 0) is 43.4 Å². The topological polar surface area (TPSA) is 66.6 Å². The van der Waals surface area contributed by atoms with Gasteiger partial charge in [-0.15, -0.1) is 11.8 Å². The van der Waals surface area contributed by atoms with Crippen molar-refractivity contribution in [1.29, 1.82) is 0 Å². The van der Waals surface area contributed by atoms with Crippen LogP contribution in [0.3, 0.4) is 0 Å². The van der Waals surface area contributed by atoms with E-state index in [1.54, 1.807) is 0 Å². The Morgan fingerprint density at radius 1 is 1.19 bits per heavy atom. The Balaban J connectivity index is 1.50. The van der Waals surface area contributed by atoms with Crippen LogP contribution in [0, 0.1) is 0 Å². The van der Waals surface area contributed by atoms with Gasteiger partial charge in [0.25, 0.3) is 0 Å². The highest BCUT2D eigenvalue weighted by Crippen LogP contribution is 2.31. The van der Waals surface area contributed by atoms with E-state index in [4.69, 9.17) is 5.73 Å². The van der Waals surface area contributed by atoms with Gasteiger partial charge in [-0.1, -0.05) is 25.3 Å². The Labute approximate surface area is 160 Å². The molecule has 1 aliphatic carbocycles. The smallest absolute Gasteiger partial charge is 0.236 e. The number of carbonyl (C=O) groups is 2. The summed E-state index contributed by atoms with van der Waals surface area (Å²) >= 11 is 1.42. The molecule has 0 saturated heterocycles. The minimum Gasteiger partial charge on any atom is -0.398 e. The molecule has 0 aromatic heterocycles. The Kier molecular flexibility index (Phi) is 6.46. The van der Waals surface area contributed by atoms with Crippen LogP contribution in [-0.4, -0.2) is 47.9 Å². The molecule has 26 heavy (non-hydrogen) atoms. The minimum atomic E-state index is 0.0645. The van der Waals surface area contributed by atoms with Gasteiger partial charge in [-0.2, -0.15) is 0 Å². The molecule has 5 nitrogen and oxygen atoms in total. The fourth-order valence-corrected chi connectivity index (χ4v) is 4.80. The van der Waals surface area contributed by atoms with Crippen molar-refractivity contribution in [1.82, 2.24) is 4.90 Å². The molecular weight excluding hydrogens is 346 g/mol. The fourth-order valence-electron chi connectivity index (χ4n) is 3.99. The number of hydrogen-bond donors (Lipinski definition) is 1. The summed E-state index contributed by atoms with van der Waals surface area (Å²) in [7, 11) is 1.91. The fraction of sp³-hybridized carbons (Fsp3) is 0.600. The molecule has 0 unspecified atom stereocenters. The number of nitrogens with two attached hydrogens (primary N) is 1. The van der Waals surface area contributed by atoms with Crippen LogP contribution in [0.1, 0.15) is 44.1 Å². The standard InChI is InChI=1S/C20H29N3O2S/c1-22(15-7-3-2-4-8-15)19(24)13-26-14-20(25)23-12-6-9-16-17(21)10-5-11-18(16)23/h5,10-11,15H,2-4,6-9,12-14,21H2,1H3. The molecule has 3 rings (SSSR count). The van der Waals surface area contributed by atoms with Gasteiger partial charge in [0, 0.05) is 31.0 Å². The van der Waals surface area contributed by atoms with Crippen molar-refractivity contribution in [2.75, 3.05) is 35.7 Å². The predicted octanol–water partition coefficient (Wildman–Crippen LogP) is 3.07. The minimum absolute atomic E-state index is 0.0645. The van der Waals surface area contributed by atoms with Crippen LogP contribution in [0.5, 0.6) is 0 Å². The first kappa shape index (κ1) is 19.1. The highest BCUT2D eigenvalue weighted by Gasteiger charge is 2.25. The number of nitrogen functional groups attached to an aromatic ring is 1. The van der Waals surface area contributed by atoms with Gasteiger partial charge in [-0.3, -0.25) is 9.59 Å². The van der Waals surface area contributed by atoms with Crippen LogP contribution in [-0.2, 0) is 16.0 Å². The lowest BCUT2D eigenvalue weighted by Crippen LogP contribution is -2.40. The summed E-state index contributed by atoms with van der Waals surface area (Å²) in [5.74, 6) is 0.905. The molecule has 0 atom stereocenters. The van der Waals surface area contributed by atoms with Crippen LogP contribution in [0.25, 0.3) is 0 Å². The predicted molar refractivity (Wildman–Crippen MR) is 108 cm³/mol. The van der Waals surface area contributed by atoms with Crippen molar-refractivity contribution < 1.29 is 9.59 Å². The number of fused-ring (bicyclic) bond motifs is 1. The van der Waals surface area contributed by atoms with Crippen LogP contribution >= 0.6 is 11.8 Å². The maximum atomic E-state index is 12.7. The summed E-state index contributed by atoms with van der Waals surface area (Å²) in [5, 5.41) is 0. The normalized spacial score (nSPS) is 17.7. The Morgan fingerprint density at radius 2 is 1.96 bits per heavy atom. The Bertz CT molecular complexity index is 658. The van der Waals surface area contributed by atoms with Crippen LogP contribution in [0.4, 0.5) is 11.4 Å². The average molecular weight is 376 g/mol. The number of benzene rings is 1. The van der Waals surface area contributed by atoms with Crippen molar-refractivity contribution in [2.24, 2.45) is 0 Å². The summed E-state index contributed by atoms with van der Waals surface area (Å²) in [6.45, 7) is 0.728. The maximum absolute atomic E-state index is 12.7. The summed E-state index contributed by atoms with van der Waals surface area (Å²) < 4.78 is 0. The summed E-state index contributed by atoms with van der Waals surface area (Å²) in [6, 6.07) is 6.14. The number of thioether (sulfide) groups is 1. The van der Waals surface area contributed by atoms with E-state index in [9.17, 15) is 9.59 Å². The number of carbonyl (C=O) groups excluding carboxylic acids is 2. The molecule has 142 valence electrons. The second kappa shape index (κ2) is 8.80. The molecule has 1 fully saturated rings. The summed E-state index contributed by atoms with van der Waals surface area (Å²) in [6.07, 6.45) is 7.78. The van der Waals surface area contributed by atoms with Gasteiger partial charge in [0.15, 0.2) is 0 Å². The van der Waals surface area contributed by atoms with E-state index in [1.807, 2.05) is 35.0 Å². The first-order valence-electron chi connectivity index (χ1n) is 9.59. The van der Waals surface area contributed by atoms with Crippen LogP contribution in [0.15, 0.2) is 18.2 Å². The van der Waals surface area contributed by atoms with Gasteiger partial charge < -0.3 is 15.5 Å². The largest absolute Gasteiger partial charge is 0.398 e. The molecule has 1 heterocycles. The van der Waals surface area contributed by atoms with Crippen molar-refractivity contribution in [3.05, 3.63) is 23.8 Å². The number of anilines is 2. The van der Waals surface area contributed by atoms with Gasteiger partial charge in [-0.25, -0.2) is 0 Å². The first-order valence-corrected chi connectivity index (χ1v) is 10.7. The second-order valence-corrected chi connectivity index (χ2v) is 8.27. The molecule has 0 radical (unpaired) electrons. The lowest BCUT2D eigenvalue weighted by atomic mass is 9.94. The van der Waals surface area contributed by atoms with Crippen molar-refractivity contribution in [3.8, 4) is 0 Å². The first-order chi connectivity index (χ1) is 12.6. The van der Waals surface area contributed by atoms with E-state index in [-0.39, 0.29) is 11.8 Å². The molecule has 1 aliphatic heterocycles. The van der Waals surface area contributed by atoms with E-state index < -0.39 is 0 Å². The molecule has 0 spiro atoms. The molecule has 2 aliphatic rings. The van der Waals surface area contributed by atoms with Gasteiger partial charge >= 0.3 is 0 Å². The second-order valence-electron chi connectivity index (χ2n) is 7.28. The lowest BCUT2D eigenvalue weighted by Gasteiger charge is -2.31. The highest BCUT2D eigenvalue weighted by atomic mass is 32.2. The maximum Gasteiger partial charge on any atom is 0.236 e. The average Bonchev–Trinajstić information content (AvgIpc) is 2.68. The van der Waals surface area contributed by atoms with E-state index in [0.29, 0.717) is 17.5 Å². The van der Waals surface area contributed by atoms with Crippen molar-refractivity contribution in [3.63, 3.8) is 0 Å². The number of nitrogens with zero attached hydrogens (tertiary/aromatic N) is 2. The summed E-state index contributed by atoms with van der Waals surface area (Å²) in [5.41, 5.74) is 8.83. The third-order valence-corrected chi connectivity index (χ3v) is 6.46. The molecule has 2 N–H and O–H groups in total. The van der Waals surface area contributed by atoms with Crippen molar-refractivity contribution in [2.45, 2.75) is 51.0 Å². The molecule has 1 aromatic rings. The van der Waals surface area contributed by atoms with Crippen molar-refractivity contribution >= 4 is 35.0 Å². The zero-order valence-electron chi connectivity index (χ0n) is 15.6. The number of rotatable bonds is 5. The zero-order valence-corrected chi connectivity index (χ0v) is 16.4. The molecule has 6 heteroatoms. The van der Waals surface area contributed by atoms with Crippen LogP contribution in [0.2, 0.25) is 0 Å². The monoisotopic (exact) mass is 375 g/mol.